The summed E-state index contributed by atoms with van der Waals surface area (Å²) in [5.74, 6) is 2.06. The Morgan fingerprint density at radius 3 is 2.82 bits per heavy atom. The molecular formula is C11H11N5S. The maximum absolute atomic E-state index is 5.93. The van der Waals surface area contributed by atoms with Gasteiger partial charge in [-0.05, 0) is 25.3 Å². The Hall–Kier alpha value is -1.95. The lowest BCUT2D eigenvalue weighted by Crippen LogP contribution is -2.06. The summed E-state index contributed by atoms with van der Waals surface area (Å²) in [7, 11) is 0. The molecule has 0 radical (unpaired) electrons. The van der Waals surface area contributed by atoms with Gasteiger partial charge in [-0.15, -0.1) is 11.3 Å². The third kappa shape index (κ3) is 1.57. The summed E-state index contributed by atoms with van der Waals surface area (Å²) in [4.78, 5) is 9.78. The van der Waals surface area contributed by atoms with Crippen LogP contribution in [0.15, 0.2) is 17.5 Å². The Labute approximate surface area is 102 Å². The van der Waals surface area contributed by atoms with Gasteiger partial charge in [0.25, 0.3) is 0 Å². The van der Waals surface area contributed by atoms with Crippen molar-refractivity contribution in [3.8, 4) is 5.82 Å². The summed E-state index contributed by atoms with van der Waals surface area (Å²) < 4.78 is 1.67. The zero-order chi connectivity index (χ0) is 12.0. The summed E-state index contributed by atoms with van der Waals surface area (Å²) in [6.07, 6.45) is 0. The van der Waals surface area contributed by atoms with Crippen molar-refractivity contribution in [2.45, 2.75) is 13.8 Å². The second-order valence-electron chi connectivity index (χ2n) is 3.86. The number of nitrogens with zero attached hydrogens (tertiary/aromatic N) is 4. The first-order chi connectivity index (χ1) is 8.15. The number of rotatable bonds is 1. The first kappa shape index (κ1) is 10.2. The Morgan fingerprint density at radius 1 is 1.29 bits per heavy atom. The maximum atomic E-state index is 5.93. The number of thiophene rings is 1. The highest BCUT2D eigenvalue weighted by Crippen LogP contribution is 2.25. The van der Waals surface area contributed by atoms with Gasteiger partial charge in [0.05, 0.1) is 11.1 Å². The normalized spacial score (nSPS) is 11.2. The van der Waals surface area contributed by atoms with Crippen molar-refractivity contribution in [2.24, 2.45) is 0 Å². The molecule has 86 valence electrons. The SMILES string of the molecule is Cc1cc(N)n(-c2nc(C)nc3sccc23)n1. The first-order valence-corrected chi connectivity index (χ1v) is 6.07. The van der Waals surface area contributed by atoms with Gasteiger partial charge in [-0.25, -0.2) is 9.97 Å². The van der Waals surface area contributed by atoms with E-state index in [1.807, 2.05) is 31.4 Å². The fourth-order valence-corrected chi connectivity index (χ4v) is 2.60. The van der Waals surface area contributed by atoms with Gasteiger partial charge in [-0.3, -0.25) is 0 Å². The van der Waals surface area contributed by atoms with Gasteiger partial charge in [-0.2, -0.15) is 9.78 Å². The van der Waals surface area contributed by atoms with Crippen molar-refractivity contribution in [1.82, 2.24) is 19.7 Å². The predicted molar refractivity (Wildman–Crippen MR) is 68.4 cm³/mol. The molecule has 0 atom stereocenters. The van der Waals surface area contributed by atoms with E-state index in [1.165, 1.54) is 0 Å². The number of nitrogens with two attached hydrogens (primary N) is 1. The molecule has 0 unspecified atom stereocenters. The van der Waals surface area contributed by atoms with Crippen LogP contribution in [0.3, 0.4) is 0 Å². The molecule has 0 saturated carbocycles. The van der Waals surface area contributed by atoms with Crippen LogP contribution >= 0.6 is 11.3 Å². The molecule has 0 aliphatic heterocycles. The van der Waals surface area contributed by atoms with Gasteiger partial charge in [0.1, 0.15) is 16.5 Å². The van der Waals surface area contributed by atoms with Gasteiger partial charge < -0.3 is 5.73 Å². The van der Waals surface area contributed by atoms with E-state index in [9.17, 15) is 0 Å². The lowest BCUT2D eigenvalue weighted by Gasteiger charge is -2.05. The number of anilines is 1. The summed E-state index contributed by atoms with van der Waals surface area (Å²) in [5.41, 5.74) is 6.80. The highest BCUT2D eigenvalue weighted by molar-refractivity contribution is 7.16. The van der Waals surface area contributed by atoms with Crippen molar-refractivity contribution in [2.75, 3.05) is 5.73 Å². The van der Waals surface area contributed by atoms with Gasteiger partial charge in [0.15, 0.2) is 5.82 Å². The molecule has 2 N–H and O–H groups in total. The van der Waals surface area contributed by atoms with Crippen molar-refractivity contribution in [1.29, 1.82) is 0 Å². The van der Waals surface area contributed by atoms with Crippen LogP contribution in [-0.2, 0) is 0 Å². The average Bonchev–Trinajstić information content (AvgIpc) is 2.83. The lowest BCUT2D eigenvalue weighted by atomic mass is 10.3. The number of aromatic nitrogens is 4. The van der Waals surface area contributed by atoms with Gasteiger partial charge in [0.2, 0.25) is 0 Å². The first-order valence-electron chi connectivity index (χ1n) is 5.19. The molecular weight excluding hydrogens is 234 g/mol. The molecule has 0 aliphatic carbocycles. The third-order valence-corrected chi connectivity index (χ3v) is 3.28. The van der Waals surface area contributed by atoms with Crippen LogP contribution in [0.5, 0.6) is 0 Å². The number of hydrogen-bond acceptors (Lipinski definition) is 5. The van der Waals surface area contributed by atoms with E-state index >= 15 is 0 Å². The number of hydrogen-bond donors (Lipinski definition) is 1. The zero-order valence-electron chi connectivity index (χ0n) is 9.51. The van der Waals surface area contributed by atoms with Gasteiger partial charge in [0, 0.05) is 6.07 Å². The van der Waals surface area contributed by atoms with E-state index in [4.69, 9.17) is 5.73 Å². The van der Waals surface area contributed by atoms with Crippen LogP contribution in [0.25, 0.3) is 16.0 Å². The minimum atomic E-state index is 0.591. The molecule has 6 heteroatoms. The van der Waals surface area contributed by atoms with Gasteiger partial charge in [-0.1, -0.05) is 0 Å². The van der Waals surface area contributed by atoms with Crippen LogP contribution in [-0.4, -0.2) is 19.7 Å². The summed E-state index contributed by atoms with van der Waals surface area (Å²) in [6.45, 7) is 3.78. The molecule has 17 heavy (non-hydrogen) atoms. The molecule has 3 rings (SSSR count). The topological polar surface area (TPSA) is 69.6 Å². The molecule has 0 bridgehead atoms. The molecule has 0 spiro atoms. The van der Waals surface area contributed by atoms with Crippen molar-refractivity contribution in [3.63, 3.8) is 0 Å². The minimum Gasteiger partial charge on any atom is -0.384 e. The lowest BCUT2D eigenvalue weighted by molar-refractivity contribution is 0.838. The van der Waals surface area contributed by atoms with E-state index in [0.717, 1.165) is 27.6 Å². The standard InChI is InChI=1S/C11H11N5S/c1-6-5-9(12)16(15-6)10-8-3-4-17-11(8)14-7(2)13-10/h3-5H,12H2,1-2H3. The molecule has 0 saturated heterocycles. The summed E-state index contributed by atoms with van der Waals surface area (Å²) in [5, 5.41) is 7.33. The number of fused-ring (bicyclic) bond motifs is 1. The quantitative estimate of drug-likeness (QED) is 0.712. The molecule has 3 aromatic rings. The summed E-state index contributed by atoms with van der Waals surface area (Å²) >= 11 is 1.59. The van der Waals surface area contributed by atoms with Crippen molar-refractivity contribution >= 4 is 27.4 Å². The Kier molecular flexibility index (Phi) is 2.12. The summed E-state index contributed by atoms with van der Waals surface area (Å²) in [6, 6.07) is 3.82. The Balaban J connectivity index is 2.36. The second kappa shape index (κ2) is 3.53. The fourth-order valence-electron chi connectivity index (χ4n) is 1.79. The molecule has 0 aromatic carbocycles. The number of nitrogen functional groups attached to an aromatic ring is 1. The minimum absolute atomic E-state index is 0.591. The molecule has 3 heterocycles. The zero-order valence-corrected chi connectivity index (χ0v) is 10.3. The van der Waals surface area contributed by atoms with E-state index in [0.29, 0.717) is 5.82 Å². The molecule has 5 nitrogen and oxygen atoms in total. The van der Waals surface area contributed by atoms with Gasteiger partial charge >= 0.3 is 0 Å². The van der Waals surface area contributed by atoms with Crippen molar-refractivity contribution in [3.05, 3.63) is 29.0 Å². The predicted octanol–water partition coefficient (Wildman–Crippen LogP) is 2.08. The van der Waals surface area contributed by atoms with Crippen LogP contribution in [0.1, 0.15) is 11.5 Å². The number of aryl methyl sites for hydroxylation is 2. The third-order valence-electron chi connectivity index (χ3n) is 2.48. The van der Waals surface area contributed by atoms with E-state index in [-0.39, 0.29) is 0 Å². The molecule has 0 fully saturated rings. The van der Waals surface area contributed by atoms with E-state index in [2.05, 4.69) is 15.1 Å². The monoisotopic (exact) mass is 245 g/mol. The Morgan fingerprint density at radius 2 is 2.12 bits per heavy atom. The largest absolute Gasteiger partial charge is 0.384 e. The van der Waals surface area contributed by atoms with Crippen LogP contribution in [0, 0.1) is 13.8 Å². The highest BCUT2D eigenvalue weighted by atomic mass is 32.1. The molecule has 3 aromatic heterocycles. The fraction of sp³-hybridized carbons (Fsp3) is 0.182. The Bertz CT molecular complexity index is 697. The molecule has 0 aliphatic rings. The van der Waals surface area contributed by atoms with E-state index < -0.39 is 0 Å². The van der Waals surface area contributed by atoms with Crippen molar-refractivity contribution < 1.29 is 0 Å². The molecule has 0 amide bonds. The smallest absolute Gasteiger partial charge is 0.168 e. The maximum Gasteiger partial charge on any atom is 0.168 e. The van der Waals surface area contributed by atoms with Crippen LogP contribution < -0.4 is 5.73 Å². The second-order valence-corrected chi connectivity index (χ2v) is 4.75. The highest BCUT2D eigenvalue weighted by Gasteiger charge is 2.12. The average molecular weight is 245 g/mol. The van der Waals surface area contributed by atoms with E-state index in [1.54, 1.807) is 16.0 Å². The van der Waals surface area contributed by atoms with Crippen LogP contribution in [0.2, 0.25) is 0 Å². The van der Waals surface area contributed by atoms with Crippen LogP contribution in [0.4, 0.5) is 5.82 Å².